The van der Waals surface area contributed by atoms with Crippen molar-refractivity contribution in [3.63, 3.8) is 0 Å². The summed E-state index contributed by atoms with van der Waals surface area (Å²) in [6, 6.07) is 14.1. The van der Waals surface area contributed by atoms with Gasteiger partial charge in [0.2, 0.25) is 11.7 Å². The molecule has 0 saturated carbocycles. The SMILES string of the molecule is CC1(c2ccccc2)NC(=O)N(Cc2nc(-c3ccc(F)cc3)no2)C1=O. The van der Waals surface area contributed by atoms with E-state index in [0.29, 0.717) is 11.1 Å². The van der Waals surface area contributed by atoms with Crippen molar-refractivity contribution in [1.29, 1.82) is 0 Å². The molecule has 1 fully saturated rings. The van der Waals surface area contributed by atoms with E-state index in [9.17, 15) is 14.0 Å². The molecule has 8 heteroatoms. The van der Waals surface area contributed by atoms with E-state index in [1.54, 1.807) is 31.2 Å². The molecule has 1 N–H and O–H groups in total. The second-order valence-corrected chi connectivity index (χ2v) is 6.33. The van der Waals surface area contributed by atoms with Crippen molar-refractivity contribution in [2.45, 2.75) is 19.0 Å². The van der Waals surface area contributed by atoms with E-state index in [1.807, 2.05) is 6.07 Å². The molecule has 1 aliphatic heterocycles. The molecule has 136 valence electrons. The van der Waals surface area contributed by atoms with Gasteiger partial charge in [0.05, 0.1) is 0 Å². The third kappa shape index (κ3) is 2.95. The van der Waals surface area contributed by atoms with Crippen LogP contribution in [-0.2, 0) is 16.9 Å². The molecule has 2 heterocycles. The summed E-state index contributed by atoms with van der Waals surface area (Å²) in [7, 11) is 0. The molecule has 1 unspecified atom stereocenters. The van der Waals surface area contributed by atoms with Crippen molar-refractivity contribution in [3.8, 4) is 11.4 Å². The first-order valence-electron chi connectivity index (χ1n) is 8.25. The number of hydrogen-bond donors (Lipinski definition) is 1. The topological polar surface area (TPSA) is 88.3 Å². The number of nitrogens with one attached hydrogen (secondary N) is 1. The van der Waals surface area contributed by atoms with Crippen LogP contribution in [0, 0.1) is 5.82 Å². The second-order valence-electron chi connectivity index (χ2n) is 6.33. The highest BCUT2D eigenvalue weighted by Gasteiger charge is 2.49. The second kappa shape index (κ2) is 6.31. The van der Waals surface area contributed by atoms with Gasteiger partial charge in [0, 0.05) is 5.56 Å². The summed E-state index contributed by atoms with van der Waals surface area (Å²) in [6.07, 6.45) is 0. The van der Waals surface area contributed by atoms with E-state index >= 15 is 0 Å². The molecule has 2 aromatic carbocycles. The lowest BCUT2D eigenvalue weighted by molar-refractivity contribution is -0.131. The van der Waals surface area contributed by atoms with E-state index < -0.39 is 17.5 Å². The van der Waals surface area contributed by atoms with Gasteiger partial charge in [0.15, 0.2) is 0 Å². The monoisotopic (exact) mass is 366 g/mol. The van der Waals surface area contributed by atoms with Gasteiger partial charge in [-0.05, 0) is 36.8 Å². The number of aromatic nitrogens is 2. The number of imide groups is 1. The summed E-state index contributed by atoms with van der Waals surface area (Å²) in [6.45, 7) is 1.50. The van der Waals surface area contributed by atoms with Crippen LogP contribution in [-0.4, -0.2) is 27.0 Å². The van der Waals surface area contributed by atoms with Gasteiger partial charge in [-0.25, -0.2) is 9.18 Å². The quantitative estimate of drug-likeness (QED) is 0.718. The summed E-state index contributed by atoms with van der Waals surface area (Å²) in [4.78, 5) is 30.4. The van der Waals surface area contributed by atoms with E-state index in [2.05, 4.69) is 15.5 Å². The van der Waals surface area contributed by atoms with Gasteiger partial charge in [-0.2, -0.15) is 4.98 Å². The molecule has 1 aliphatic rings. The highest BCUT2D eigenvalue weighted by Crippen LogP contribution is 2.29. The fourth-order valence-corrected chi connectivity index (χ4v) is 2.98. The van der Waals surface area contributed by atoms with Gasteiger partial charge in [-0.3, -0.25) is 9.69 Å². The zero-order valence-corrected chi connectivity index (χ0v) is 14.3. The Morgan fingerprint density at radius 1 is 1.11 bits per heavy atom. The van der Waals surface area contributed by atoms with Crippen LogP contribution in [0.25, 0.3) is 11.4 Å². The first kappa shape index (κ1) is 16.9. The number of carbonyl (C=O) groups is 2. The minimum atomic E-state index is -1.15. The molecular weight excluding hydrogens is 351 g/mol. The Balaban J connectivity index is 1.56. The standard InChI is InChI=1S/C19H15FN4O3/c1-19(13-5-3-2-4-6-13)17(25)24(18(26)22-19)11-15-21-16(23-27-15)12-7-9-14(20)10-8-12/h2-10H,11H2,1H3,(H,22,26). The van der Waals surface area contributed by atoms with Crippen molar-refractivity contribution in [1.82, 2.24) is 20.4 Å². The number of amides is 3. The molecule has 0 bridgehead atoms. The maximum absolute atomic E-state index is 13.0. The highest BCUT2D eigenvalue weighted by molar-refractivity contribution is 6.07. The zero-order chi connectivity index (χ0) is 19.0. The van der Waals surface area contributed by atoms with Crippen molar-refractivity contribution < 1.29 is 18.5 Å². The third-order valence-corrected chi connectivity index (χ3v) is 4.49. The number of hydrogen-bond acceptors (Lipinski definition) is 5. The molecule has 0 spiro atoms. The van der Waals surface area contributed by atoms with Crippen molar-refractivity contribution in [3.05, 3.63) is 71.9 Å². The Morgan fingerprint density at radius 2 is 1.81 bits per heavy atom. The molecular formula is C19H15FN4O3. The maximum atomic E-state index is 13.0. The molecule has 1 saturated heterocycles. The normalized spacial score (nSPS) is 19.4. The minimum Gasteiger partial charge on any atom is -0.337 e. The summed E-state index contributed by atoms with van der Waals surface area (Å²) in [5, 5.41) is 6.54. The number of rotatable bonds is 4. The molecule has 1 aromatic heterocycles. The lowest BCUT2D eigenvalue weighted by atomic mass is 9.92. The number of halogens is 1. The molecule has 27 heavy (non-hydrogen) atoms. The Hall–Kier alpha value is -3.55. The Morgan fingerprint density at radius 3 is 2.52 bits per heavy atom. The largest absolute Gasteiger partial charge is 0.337 e. The summed E-state index contributed by atoms with van der Waals surface area (Å²) in [5.41, 5.74) is 0.0964. The van der Waals surface area contributed by atoms with Crippen LogP contribution in [0.15, 0.2) is 59.1 Å². The number of urea groups is 1. The van der Waals surface area contributed by atoms with Gasteiger partial charge in [0.25, 0.3) is 5.91 Å². The Bertz CT molecular complexity index is 1000. The van der Waals surface area contributed by atoms with Crippen LogP contribution in [0.4, 0.5) is 9.18 Å². The van der Waals surface area contributed by atoms with E-state index in [-0.39, 0.29) is 24.1 Å². The summed E-state index contributed by atoms with van der Waals surface area (Å²) < 4.78 is 18.2. The average Bonchev–Trinajstić information content (AvgIpc) is 3.23. The smallest absolute Gasteiger partial charge is 0.325 e. The average molecular weight is 366 g/mol. The molecule has 0 aliphatic carbocycles. The van der Waals surface area contributed by atoms with E-state index in [0.717, 1.165) is 4.90 Å². The molecule has 7 nitrogen and oxygen atoms in total. The molecule has 0 radical (unpaired) electrons. The lowest BCUT2D eigenvalue weighted by Crippen LogP contribution is -2.40. The fraction of sp³-hybridized carbons (Fsp3) is 0.158. The first-order valence-corrected chi connectivity index (χ1v) is 8.25. The Kier molecular flexibility index (Phi) is 3.95. The molecule has 1 atom stereocenters. The zero-order valence-electron chi connectivity index (χ0n) is 14.3. The van der Waals surface area contributed by atoms with Crippen molar-refractivity contribution in [2.24, 2.45) is 0 Å². The van der Waals surface area contributed by atoms with Gasteiger partial charge in [-0.1, -0.05) is 35.5 Å². The van der Waals surface area contributed by atoms with Crippen LogP contribution in [0.3, 0.4) is 0 Å². The first-order chi connectivity index (χ1) is 13.0. The fourth-order valence-electron chi connectivity index (χ4n) is 2.98. The van der Waals surface area contributed by atoms with Gasteiger partial charge in [0.1, 0.15) is 17.9 Å². The van der Waals surface area contributed by atoms with Crippen LogP contribution in [0.5, 0.6) is 0 Å². The van der Waals surface area contributed by atoms with Gasteiger partial charge >= 0.3 is 6.03 Å². The Labute approximate surface area is 153 Å². The molecule has 4 rings (SSSR count). The van der Waals surface area contributed by atoms with Crippen LogP contribution >= 0.6 is 0 Å². The molecule has 3 amide bonds. The van der Waals surface area contributed by atoms with Gasteiger partial charge in [-0.15, -0.1) is 0 Å². The predicted octanol–water partition coefficient (Wildman–Crippen LogP) is 2.84. The maximum Gasteiger partial charge on any atom is 0.325 e. The lowest BCUT2D eigenvalue weighted by Gasteiger charge is -2.21. The van der Waals surface area contributed by atoms with E-state index in [4.69, 9.17) is 4.52 Å². The van der Waals surface area contributed by atoms with Crippen LogP contribution < -0.4 is 5.32 Å². The molecule has 3 aromatic rings. The number of nitrogens with zero attached hydrogens (tertiary/aromatic N) is 3. The third-order valence-electron chi connectivity index (χ3n) is 4.49. The predicted molar refractivity (Wildman–Crippen MR) is 92.6 cm³/mol. The van der Waals surface area contributed by atoms with E-state index in [1.165, 1.54) is 24.3 Å². The van der Waals surface area contributed by atoms with Gasteiger partial charge < -0.3 is 9.84 Å². The summed E-state index contributed by atoms with van der Waals surface area (Å²) in [5.74, 6) is -0.416. The highest BCUT2D eigenvalue weighted by atomic mass is 19.1. The van der Waals surface area contributed by atoms with Crippen LogP contribution in [0.2, 0.25) is 0 Å². The van der Waals surface area contributed by atoms with Crippen LogP contribution in [0.1, 0.15) is 18.4 Å². The number of carbonyl (C=O) groups excluding carboxylic acids is 2. The minimum absolute atomic E-state index is 0.107. The van der Waals surface area contributed by atoms with Crippen molar-refractivity contribution >= 4 is 11.9 Å². The van der Waals surface area contributed by atoms with Crippen molar-refractivity contribution in [2.75, 3.05) is 0 Å². The number of benzene rings is 2. The summed E-state index contributed by atoms with van der Waals surface area (Å²) >= 11 is 0.